The molecule has 0 aliphatic carbocycles. The molecule has 0 bridgehead atoms. The zero-order chi connectivity index (χ0) is 20.1. The Balaban J connectivity index is 1.81. The summed E-state index contributed by atoms with van der Waals surface area (Å²) in [5, 5.41) is 10.0. The number of nitrogens with zero attached hydrogens (tertiary/aromatic N) is 1. The lowest BCUT2D eigenvalue weighted by atomic mass is 9.99. The van der Waals surface area contributed by atoms with E-state index in [0.29, 0.717) is 19.1 Å². The van der Waals surface area contributed by atoms with Gasteiger partial charge in [-0.3, -0.25) is 14.4 Å². The fraction of sp³-hybridized carbons (Fsp3) is 0.286. The van der Waals surface area contributed by atoms with Crippen LogP contribution < -0.4 is 4.74 Å². The van der Waals surface area contributed by atoms with Crippen LogP contribution in [0.4, 0.5) is 0 Å². The van der Waals surface area contributed by atoms with Crippen molar-refractivity contribution in [3.8, 4) is 11.5 Å². The maximum absolute atomic E-state index is 13.1. The second-order valence-electron chi connectivity index (χ2n) is 6.58. The van der Waals surface area contributed by atoms with Crippen LogP contribution in [-0.2, 0) is 0 Å². The Labute approximate surface area is 167 Å². The maximum atomic E-state index is 13.1. The minimum atomic E-state index is -0.274. The highest BCUT2D eigenvalue weighted by atomic mass is 35.5. The van der Waals surface area contributed by atoms with E-state index in [-0.39, 0.29) is 51.8 Å². The number of carbonyl (C=O) groups is 3. The second-order valence-corrected chi connectivity index (χ2v) is 6.99. The van der Waals surface area contributed by atoms with Gasteiger partial charge >= 0.3 is 0 Å². The molecule has 1 aliphatic heterocycles. The fourth-order valence-electron chi connectivity index (χ4n) is 3.40. The number of likely N-dealkylation sites (tertiary alicyclic amines) is 1. The van der Waals surface area contributed by atoms with Crippen molar-refractivity contribution in [1.82, 2.24) is 4.90 Å². The molecule has 146 valence electrons. The molecule has 3 rings (SSSR count). The number of amides is 1. The second kappa shape index (κ2) is 8.89. The molecule has 28 heavy (non-hydrogen) atoms. The predicted octanol–water partition coefficient (Wildman–Crippen LogP) is 3.74. The largest absolute Gasteiger partial charge is 0.507 e. The van der Waals surface area contributed by atoms with Gasteiger partial charge in [-0.1, -0.05) is 23.7 Å². The summed E-state index contributed by atoms with van der Waals surface area (Å²) in [5.74, 6) is -0.160. The van der Waals surface area contributed by atoms with Crippen LogP contribution in [0.25, 0.3) is 0 Å². The highest BCUT2D eigenvalue weighted by molar-refractivity contribution is 6.33. The molecule has 0 aromatic heterocycles. The number of phenols is 1. The third-order valence-electron chi connectivity index (χ3n) is 4.88. The summed E-state index contributed by atoms with van der Waals surface area (Å²) in [6.45, 7) is 0.714. The third kappa shape index (κ3) is 4.02. The molecule has 0 saturated carbocycles. The average molecular weight is 402 g/mol. The van der Waals surface area contributed by atoms with Gasteiger partial charge in [0.1, 0.15) is 18.1 Å². The van der Waals surface area contributed by atoms with Crippen LogP contribution in [0.1, 0.15) is 50.3 Å². The molecule has 2 aromatic carbocycles. The molecule has 7 heteroatoms. The standard InChI is InChI=1S/C21H20ClNO5/c22-18-7-3-6-15(16(18)11-24)21(27)23-10-2-1-5-14(23)13-28-20-9-4-8-19(26)17(20)12-25/h3-4,6-9,11-12,14,26H,1-2,5,10,13H2/t14-/m0/s1. The van der Waals surface area contributed by atoms with Crippen molar-refractivity contribution in [2.24, 2.45) is 0 Å². The summed E-state index contributed by atoms with van der Waals surface area (Å²) in [6.07, 6.45) is 3.66. The van der Waals surface area contributed by atoms with E-state index in [1.807, 2.05) is 0 Å². The van der Waals surface area contributed by atoms with E-state index >= 15 is 0 Å². The lowest BCUT2D eigenvalue weighted by molar-refractivity contribution is 0.0525. The molecule has 1 aliphatic rings. The fourth-order valence-corrected chi connectivity index (χ4v) is 3.62. The van der Waals surface area contributed by atoms with Crippen molar-refractivity contribution in [2.75, 3.05) is 13.2 Å². The Morgan fingerprint density at radius 3 is 2.64 bits per heavy atom. The van der Waals surface area contributed by atoms with Gasteiger partial charge in [-0.15, -0.1) is 0 Å². The minimum absolute atomic E-state index is 0.0780. The van der Waals surface area contributed by atoms with Crippen molar-refractivity contribution < 1.29 is 24.2 Å². The summed E-state index contributed by atoms with van der Waals surface area (Å²) in [7, 11) is 0. The first kappa shape index (κ1) is 19.9. The van der Waals surface area contributed by atoms with Gasteiger partial charge in [0.05, 0.1) is 22.2 Å². The van der Waals surface area contributed by atoms with E-state index < -0.39 is 0 Å². The normalized spacial score (nSPS) is 16.5. The number of halogens is 1. The number of phenolic OH excluding ortho intramolecular Hbond substituents is 1. The first-order chi connectivity index (χ1) is 13.6. The molecule has 1 fully saturated rings. The van der Waals surface area contributed by atoms with E-state index in [1.54, 1.807) is 35.2 Å². The quantitative estimate of drug-likeness (QED) is 0.745. The summed E-state index contributed by atoms with van der Waals surface area (Å²) >= 11 is 6.05. The van der Waals surface area contributed by atoms with Crippen LogP contribution >= 0.6 is 11.6 Å². The lowest BCUT2D eigenvalue weighted by Gasteiger charge is -2.36. The zero-order valence-electron chi connectivity index (χ0n) is 15.1. The van der Waals surface area contributed by atoms with Gasteiger partial charge in [-0.2, -0.15) is 0 Å². The van der Waals surface area contributed by atoms with Crippen molar-refractivity contribution in [3.63, 3.8) is 0 Å². The van der Waals surface area contributed by atoms with Gasteiger partial charge in [0.2, 0.25) is 0 Å². The number of hydrogen-bond acceptors (Lipinski definition) is 5. The van der Waals surface area contributed by atoms with Crippen LogP contribution in [0.15, 0.2) is 36.4 Å². The number of ether oxygens (including phenoxy) is 1. The van der Waals surface area contributed by atoms with Crippen molar-refractivity contribution in [3.05, 3.63) is 58.1 Å². The molecular weight excluding hydrogens is 382 g/mol. The van der Waals surface area contributed by atoms with Gasteiger partial charge in [0.15, 0.2) is 12.6 Å². The number of carbonyl (C=O) groups excluding carboxylic acids is 3. The monoisotopic (exact) mass is 401 g/mol. The van der Waals surface area contributed by atoms with E-state index in [4.69, 9.17) is 16.3 Å². The molecule has 0 spiro atoms. The predicted molar refractivity (Wildman–Crippen MR) is 105 cm³/mol. The minimum Gasteiger partial charge on any atom is -0.507 e. The summed E-state index contributed by atoms with van der Waals surface area (Å²) in [6, 6.07) is 9.17. The maximum Gasteiger partial charge on any atom is 0.255 e. The van der Waals surface area contributed by atoms with Gasteiger partial charge in [0, 0.05) is 12.1 Å². The molecule has 0 unspecified atom stereocenters. The van der Waals surface area contributed by atoms with E-state index in [0.717, 1.165) is 19.3 Å². The summed E-state index contributed by atoms with van der Waals surface area (Å²) in [4.78, 5) is 37.4. The molecular formula is C21H20ClNO5. The molecule has 2 aromatic rings. The first-order valence-electron chi connectivity index (χ1n) is 9.01. The van der Waals surface area contributed by atoms with E-state index in [2.05, 4.69) is 0 Å². The molecule has 1 amide bonds. The van der Waals surface area contributed by atoms with Crippen LogP contribution in [0.5, 0.6) is 11.5 Å². The Kier molecular flexibility index (Phi) is 6.31. The van der Waals surface area contributed by atoms with Gasteiger partial charge in [-0.05, 0) is 43.5 Å². The van der Waals surface area contributed by atoms with Crippen LogP contribution in [0.2, 0.25) is 5.02 Å². The van der Waals surface area contributed by atoms with E-state index in [9.17, 15) is 19.5 Å². The number of benzene rings is 2. The lowest BCUT2D eigenvalue weighted by Crippen LogP contribution is -2.47. The molecule has 1 saturated heterocycles. The number of aldehydes is 2. The highest BCUT2D eigenvalue weighted by Gasteiger charge is 2.30. The van der Waals surface area contributed by atoms with Crippen LogP contribution in [-0.4, -0.2) is 47.7 Å². The molecule has 6 nitrogen and oxygen atoms in total. The average Bonchev–Trinajstić information content (AvgIpc) is 2.71. The third-order valence-corrected chi connectivity index (χ3v) is 5.21. The first-order valence-corrected chi connectivity index (χ1v) is 9.39. The Morgan fingerprint density at radius 2 is 1.89 bits per heavy atom. The number of hydrogen-bond donors (Lipinski definition) is 1. The number of piperidine rings is 1. The molecule has 1 heterocycles. The zero-order valence-corrected chi connectivity index (χ0v) is 15.9. The van der Waals surface area contributed by atoms with Crippen LogP contribution in [0, 0.1) is 0 Å². The van der Waals surface area contributed by atoms with Gasteiger partial charge in [0.25, 0.3) is 5.91 Å². The van der Waals surface area contributed by atoms with Crippen molar-refractivity contribution in [2.45, 2.75) is 25.3 Å². The number of rotatable bonds is 6. The molecule has 1 atom stereocenters. The van der Waals surface area contributed by atoms with E-state index in [1.165, 1.54) is 6.07 Å². The van der Waals surface area contributed by atoms with Gasteiger partial charge in [-0.25, -0.2) is 0 Å². The summed E-state index contributed by atoms with van der Waals surface area (Å²) < 4.78 is 5.76. The smallest absolute Gasteiger partial charge is 0.255 e. The van der Waals surface area contributed by atoms with Gasteiger partial charge < -0.3 is 14.7 Å². The SMILES string of the molecule is O=Cc1c(O)cccc1OC[C@@H]1CCCCN1C(=O)c1cccc(Cl)c1C=O. The van der Waals surface area contributed by atoms with Crippen molar-refractivity contribution >= 4 is 30.1 Å². The molecule has 1 N–H and O–H groups in total. The Morgan fingerprint density at radius 1 is 1.14 bits per heavy atom. The summed E-state index contributed by atoms with van der Waals surface area (Å²) in [5.41, 5.74) is 0.519. The topological polar surface area (TPSA) is 83.9 Å². The van der Waals surface area contributed by atoms with Crippen LogP contribution in [0.3, 0.4) is 0 Å². The Bertz CT molecular complexity index is 898. The van der Waals surface area contributed by atoms with Crippen molar-refractivity contribution in [1.29, 1.82) is 0 Å². The highest BCUT2D eigenvalue weighted by Crippen LogP contribution is 2.28. The number of aromatic hydroxyl groups is 1. The Hall–Kier alpha value is -2.86. The molecule has 0 radical (unpaired) electrons.